The van der Waals surface area contributed by atoms with Gasteiger partial charge >= 0.3 is 5.97 Å². The molecule has 1 unspecified atom stereocenters. The lowest BCUT2D eigenvalue weighted by atomic mass is 10.1. The summed E-state index contributed by atoms with van der Waals surface area (Å²) in [5.41, 5.74) is 1.55. The highest BCUT2D eigenvalue weighted by Crippen LogP contribution is 2.19. The highest BCUT2D eigenvalue weighted by atomic mass is 127. The molecule has 0 bridgehead atoms. The number of carbonyl (C=O) groups is 2. The topological polar surface area (TPSA) is 66.8 Å². The maximum atomic E-state index is 12.4. The molecule has 1 aromatic carbocycles. The second kappa shape index (κ2) is 5.87. The predicted molar refractivity (Wildman–Crippen MR) is 77.2 cm³/mol. The molecule has 0 aliphatic carbocycles. The van der Waals surface area contributed by atoms with Crippen molar-refractivity contribution < 1.29 is 19.4 Å². The van der Waals surface area contributed by atoms with Crippen LogP contribution in [-0.4, -0.2) is 47.7 Å². The van der Waals surface area contributed by atoms with Crippen LogP contribution in [0.2, 0.25) is 0 Å². The number of morpholine rings is 1. The minimum atomic E-state index is -1.03. The second-order valence-electron chi connectivity index (χ2n) is 4.36. The third-order valence-electron chi connectivity index (χ3n) is 3.13. The van der Waals surface area contributed by atoms with Crippen molar-refractivity contribution in [1.82, 2.24) is 4.90 Å². The van der Waals surface area contributed by atoms with Crippen LogP contribution in [0, 0.1) is 10.5 Å². The number of carboxylic acid groups (broad SMARTS) is 1. The molecule has 1 saturated heterocycles. The fraction of sp³-hybridized carbons (Fsp3) is 0.385. The number of hydrogen-bond acceptors (Lipinski definition) is 3. The fourth-order valence-corrected chi connectivity index (χ4v) is 2.49. The number of nitrogens with zero attached hydrogens (tertiary/aromatic N) is 1. The van der Waals surface area contributed by atoms with Crippen molar-refractivity contribution in [3.63, 3.8) is 0 Å². The minimum Gasteiger partial charge on any atom is -0.479 e. The SMILES string of the molecule is Cc1c(I)cccc1C(=O)N1CCOC(C(=O)O)C1. The molecule has 102 valence electrons. The van der Waals surface area contributed by atoms with Crippen LogP contribution in [-0.2, 0) is 9.53 Å². The zero-order valence-electron chi connectivity index (χ0n) is 10.4. The van der Waals surface area contributed by atoms with Crippen molar-refractivity contribution in [3.05, 3.63) is 32.9 Å². The highest BCUT2D eigenvalue weighted by Gasteiger charge is 2.30. The zero-order chi connectivity index (χ0) is 14.0. The minimum absolute atomic E-state index is 0.0963. The Labute approximate surface area is 124 Å². The standard InChI is InChI=1S/C13H14INO4/c1-8-9(3-2-4-10(8)14)12(16)15-5-6-19-11(7-15)13(17)18/h2-4,11H,5-7H2,1H3,(H,17,18). The van der Waals surface area contributed by atoms with Gasteiger partial charge in [0.05, 0.1) is 13.2 Å². The lowest BCUT2D eigenvalue weighted by molar-refractivity contribution is -0.154. The Bertz CT molecular complexity index is 517. The Morgan fingerprint density at radius 1 is 1.47 bits per heavy atom. The average molecular weight is 375 g/mol. The van der Waals surface area contributed by atoms with Crippen molar-refractivity contribution in [1.29, 1.82) is 0 Å². The van der Waals surface area contributed by atoms with Gasteiger partial charge in [0, 0.05) is 15.7 Å². The lowest BCUT2D eigenvalue weighted by Crippen LogP contribution is -2.48. The van der Waals surface area contributed by atoms with Crippen LogP contribution in [0.1, 0.15) is 15.9 Å². The first-order chi connectivity index (χ1) is 9.00. The van der Waals surface area contributed by atoms with E-state index in [2.05, 4.69) is 22.6 Å². The number of hydrogen-bond donors (Lipinski definition) is 1. The van der Waals surface area contributed by atoms with Gasteiger partial charge in [0.25, 0.3) is 5.91 Å². The molecule has 1 amide bonds. The van der Waals surface area contributed by atoms with Crippen molar-refractivity contribution in [2.75, 3.05) is 19.7 Å². The summed E-state index contributed by atoms with van der Waals surface area (Å²) in [6, 6.07) is 5.54. The molecule has 1 heterocycles. The summed E-state index contributed by atoms with van der Waals surface area (Å²) in [5, 5.41) is 8.94. The molecule has 1 atom stereocenters. The largest absolute Gasteiger partial charge is 0.479 e. The van der Waals surface area contributed by atoms with Crippen molar-refractivity contribution in [2.45, 2.75) is 13.0 Å². The molecule has 1 fully saturated rings. The molecule has 0 saturated carbocycles. The Hall–Kier alpha value is -1.15. The van der Waals surface area contributed by atoms with Crippen LogP contribution >= 0.6 is 22.6 Å². The van der Waals surface area contributed by atoms with E-state index in [9.17, 15) is 9.59 Å². The first kappa shape index (κ1) is 14.3. The van der Waals surface area contributed by atoms with Crippen LogP contribution in [0.4, 0.5) is 0 Å². The van der Waals surface area contributed by atoms with E-state index in [1.165, 1.54) is 0 Å². The number of amides is 1. The van der Waals surface area contributed by atoms with Gasteiger partial charge in [0.1, 0.15) is 0 Å². The van der Waals surface area contributed by atoms with Gasteiger partial charge in [-0.1, -0.05) is 6.07 Å². The third-order valence-corrected chi connectivity index (χ3v) is 4.30. The van der Waals surface area contributed by atoms with Gasteiger partial charge in [-0.3, -0.25) is 4.79 Å². The van der Waals surface area contributed by atoms with E-state index in [4.69, 9.17) is 9.84 Å². The van der Waals surface area contributed by atoms with E-state index in [1.54, 1.807) is 11.0 Å². The van der Waals surface area contributed by atoms with Gasteiger partial charge in [-0.05, 0) is 47.2 Å². The summed E-state index contributed by atoms with van der Waals surface area (Å²) in [5.74, 6) is -1.16. The molecule has 5 nitrogen and oxygen atoms in total. The van der Waals surface area contributed by atoms with Crippen LogP contribution in [0.15, 0.2) is 18.2 Å². The van der Waals surface area contributed by atoms with Gasteiger partial charge in [-0.25, -0.2) is 4.79 Å². The molecule has 0 spiro atoms. The monoisotopic (exact) mass is 375 g/mol. The zero-order valence-corrected chi connectivity index (χ0v) is 12.6. The van der Waals surface area contributed by atoms with Crippen LogP contribution < -0.4 is 0 Å². The van der Waals surface area contributed by atoms with Gasteiger partial charge in [-0.2, -0.15) is 0 Å². The van der Waals surface area contributed by atoms with Crippen molar-refractivity contribution in [2.24, 2.45) is 0 Å². The first-order valence-electron chi connectivity index (χ1n) is 5.89. The van der Waals surface area contributed by atoms with Crippen molar-refractivity contribution >= 4 is 34.5 Å². The molecule has 0 radical (unpaired) electrons. The number of benzene rings is 1. The van der Waals surface area contributed by atoms with Crippen LogP contribution in [0.3, 0.4) is 0 Å². The number of carboxylic acids is 1. The summed E-state index contributed by atoms with van der Waals surface area (Å²) in [6.45, 7) is 2.67. The molecule has 1 aliphatic heterocycles. The van der Waals surface area contributed by atoms with Gasteiger partial charge in [0.2, 0.25) is 0 Å². The molecule has 1 aromatic rings. The molecule has 6 heteroatoms. The summed E-state index contributed by atoms with van der Waals surface area (Å²) in [7, 11) is 0. The van der Waals surface area contributed by atoms with E-state index in [1.807, 2.05) is 19.1 Å². The molecular weight excluding hydrogens is 361 g/mol. The van der Waals surface area contributed by atoms with E-state index >= 15 is 0 Å². The summed E-state index contributed by atoms with van der Waals surface area (Å²) < 4.78 is 6.13. The quantitative estimate of drug-likeness (QED) is 0.797. The maximum Gasteiger partial charge on any atom is 0.334 e. The van der Waals surface area contributed by atoms with E-state index < -0.39 is 12.1 Å². The molecule has 1 aliphatic rings. The van der Waals surface area contributed by atoms with Crippen LogP contribution in [0.25, 0.3) is 0 Å². The summed E-state index contributed by atoms with van der Waals surface area (Å²) in [4.78, 5) is 24.9. The van der Waals surface area contributed by atoms with Crippen LogP contribution in [0.5, 0.6) is 0 Å². The average Bonchev–Trinajstić information content (AvgIpc) is 2.41. The highest BCUT2D eigenvalue weighted by molar-refractivity contribution is 14.1. The fourth-order valence-electron chi connectivity index (χ4n) is 1.99. The summed E-state index contributed by atoms with van der Waals surface area (Å²) >= 11 is 2.18. The van der Waals surface area contributed by atoms with E-state index in [0.717, 1.165) is 9.13 Å². The number of halogens is 1. The second-order valence-corrected chi connectivity index (χ2v) is 5.52. The maximum absolute atomic E-state index is 12.4. The predicted octanol–water partition coefficient (Wildman–Crippen LogP) is 1.53. The third kappa shape index (κ3) is 3.06. The Kier molecular flexibility index (Phi) is 4.41. The lowest BCUT2D eigenvalue weighted by Gasteiger charge is -2.31. The molecular formula is C13H14INO4. The number of ether oxygens (including phenoxy) is 1. The van der Waals surface area contributed by atoms with Gasteiger partial charge in [0.15, 0.2) is 6.10 Å². The Morgan fingerprint density at radius 3 is 2.89 bits per heavy atom. The Balaban J connectivity index is 2.19. The van der Waals surface area contributed by atoms with E-state index in [0.29, 0.717) is 12.1 Å². The molecule has 1 N–H and O–H groups in total. The normalized spacial score (nSPS) is 19.3. The molecule has 19 heavy (non-hydrogen) atoms. The number of carbonyl (C=O) groups excluding carboxylic acids is 1. The number of rotatable bonds is 2. The smallest absolute Gasteiger partial charge is 0.334 e. The number of aliphatic carboxylic acids is 1. The van der Waals surface area contributed by atoms with Crippen molar-refractivity contribution in [3.8, 4) is 0 Å². The molecule has 0 aromatic heterocycles. The first-order valence-corrected chi connectivity index (χ1v) is 6.97. The summed E-state index contributed by atoms with van der Waals surface area (Å²) in [6.07, 6.45) is -0.930. The van der Waals surface area contributed by atoms with E-state index in [-0.39, 0.29) is 19.1 Å². The van der Waals surface area contributed by atoms with Gasteiger partial charge in [-0.15, -0.1) is 0 Å². The van der Waals surface area contributed by atoms with Gasteiger partial charge < -0.3 is 14.7 Å². The Morgan fingerprint density at radius 2 is 2.21 bits per heavy atom. The molecule has 2 rings (SSSR count).